The van der Waals surface area contributed by atoms with Crippen LogP contribution in [0.1, 0.15) is 45.7 Å². The van der Waals surface area contributed by atoms with E-state index in [2.05, 4.69) is 5.32 Å². The van der Waals surface area contributed by atoms with Crippen LogP contribution in [0.4, 0.5) is 5.69 Å². The number of nitrogens with one attached hydrogen (secondary N) is 1. The summed E-state index contributed by atoms with van der Waals surface area (Å²) < 4.78 is 25.0. The van der Waals surface area contributed by atoms with E-state index in [9.17, 15) is 13.8 Å². The first-order valence-electron chi connectivity index (χ1n) is 13.8. The molecule has 1 heterocycles. The molecule has 0 unspecified atom stereocenters. The number of hydrogen-bond acceptors (Lipinski definition) is 5. The number of ether oxygens (including phenoxy) is 2. The maximum atomic E-state index is 13.8. The predicted molar refractivity (Wildman–Crippen MR) is 164 cm³/mol. The highest BCUT2D eigenvalue weighted by atomic mass is 35.5. The minimum Gasteiger partial charge on any atom is -0.490 e. The Bertz CT molecular complexity index is 1660. The molecule has 5 rings (SSSR count). The average Bonchev–Trinajstić information content (AvgIpc) is 3.08. The van der Waals surface area contributed by atoms with Gasteiger partial charge in [0.15, 0.2) is 11.5 Å². The number of anilines is 1. The predicted octanol–water partition coefficient (Wildman–Crippen LogP) is 6.44. The molecule has 9 heteroatoms. The number of hydrogen-bond donors (Lipinski definition) is 1. The van der Waals surface area contributed by atoms with Crippen LogP contribution in [0.5, 0.6) is 11.5 Å². The molecule has 0 spiro atoms. The normalized spacial score (nSPS) is 14.0. The standard InChI is InChI=1S/C33H31ClN2O5S/c1-3-40-28-14-12-22(19-29(28)41-4-2)16-17-35-32(37)24-13-15-31-27(20-24)36(21-23-8-7-9-25(34)18-23)33(38)26-10-5-6-11-30(26)42(31)39/h5-15,18-20H,3-4,16-17,21H2,1-2H3,(H,35,37)/t42-/m0/s1. The van der Waals surface area contributed by atoms with Crippen molar-refractivity contribution in [3.8, 4) is 11.5 Å². The van der Waals surface area contributed by atoms with Crippen molar-refractivity contribution in [2.45, 2.75) is 36.6 Å². The van der Waals surface area contributed by atoms with Gasteiger partial charge in [0.1, 0.15) is 0 Å². The molecule has 216 valence electrons. The number of benzene rings is 4. The van der Waals surface area contributed by atoms with E-state index < -0.39 is 10.8 Å². The van der Waals surface area contributed by atoms with E-state index in [4.69, 9.17) is 21.1 Å². The van der Waals surface area contributed by atoms with Gasteiger partial charge in [-0.1, -0.05) is 41.9 Å². The maximum Gasteiger partial charge on any atom is 0.259 e. The van der Waals surface area contributed by atoms with Gasteiger partial charge in [-0.3, -0.25) is 9.59 Å². The molecule has 4 aromatic carbocycles. The van der Waals surface area contributed by atoms with Crippen LogP contribution in [0.3, 0.4) is 0 Å². The van der Waals surface area contributed by atoms with E-state index in [1.165, 1.54) is 0 Å². The van der Waals surface area contributed by atoms with Gasteiger partial charge in [0.25, 0.3) is 11.8 Å². The van der Waals surface area contributed by atoms with E-state index >= 15 is 0 Å². The largest absolute Gasteiger partial charge is 0.490 e. The summed E-state index contributed by atoms with van der Waals surface area (Å²) in [5.74, 6) is 0.771. The molecular formula is C33H31ClN2O5S. The molecular weight excluding hydrogens is 572 g/mol. The zero-order chi connectivity index (χ0) is 29.6. The molecule has 4 aromatic rings. The lowest BCUT2D eigenvalue weighted by molar-refractivity contribution is 0.0950. The molecule has 0 aromatic heterocycles. The molecule has 1 aliphatic heterocycles. The first kappa shape index (κ1) is 29.4. The topological polar surface area (TPSA) is 84.9 Å². The van der Waals surface area contributed by atoms with Gasteiger partial charge in [-0.05, 0) is 86.0 Å². The number of amides is 2. The Labute approximate surface area is 252 Å². The Morgan fingerprint density at radius 1 is 0.857 bits per heavy atom. The summed E-state index contributed by atoms with van der Waals surface area (Å²) in [5.41, 5.74) is 2.96. The number of fused-ring (bicyclic) bond motifs is 2. The smallest absolute Gasteiger partial charge is 0.259 e. The molecule has 0 bridgehead atoms. The van der Waals surface area contributed by atoms with Gasteiger partial charge in [0.05, 0.1) is 51.6 Å². The summed E-state index contributed by atoms with van der Waals surface area (Å²) in [6.45, 7) is 5.48. The highest BCUT2D eigenvalue weighted by molar-refractivity contribution is 7.85. The van der Waals surface area contributed by atoms with Gasteiger partial charge in [-0.15, -0.1) is 0 Å². The number of carbonyl (C=O) groups is 2. The summed E-state index contributed by atoms with van der Waals surface area (Å²) in [6, 6.07) is 24.9. The highest BCUT2D eigenvalue weighted by Crippen LogP contribution is 2.36. The summed E-state index contributed by atoms with van der Waals surface area (Å²) in [5, 5.41) is 3.51. The summed E-state index contributed by atoms with van der Waals surface area (Å²) >= 11 is 6.22. The van der Waals surface area contributed by atoms with Crippen LogP contribution < -0.4 is 19.7 Å². The number of carbonyl (C=O) groups excluding carboxylic acids is 2. The minimum atomic E-state index is -1.61. The zero-order valence-electron chi connectivity index (χ0n) is 23.4. The van der Waals surface area contributed by atoms with Crippen molar-refractivity contribution < 1.29 is 23.3 Å². The van der Waals surface area contributed by atoms with Crippen molar-refractivity contribution in [1.82, 2.24) is 5.32 Å². The Hall–Kier alpha value is -4.14. The summed E-state index contributed by atoms with van der Waals surface area (Å²) in [7, 11) is -1.61. The molecule has 1 aliphatic rings. The molecule has 1 atom stereocenters. The fourth-order valence-electron chi connectivity index (χ4n) is 4.85. The molecule has 2 amide bonds. The average molecular weight is 603 g/mol. The van der Waals surface area contributed by atoms with Crippen molar-refractivity contribution in [2.24, 2.45) is 0 Å². The second-order valence-corrected chi connectivity index (χ2v) is 11.5. The van der Waals surface area contributed by atoms with Crippen LogP contribution in [-0.4, -0.2) is 35.8 Å². The van der Waals surface area contributed by atoms with Crippen LogP contribution in [0.25, 0.3) is 0 Å². The van der Waals surface area contributed by atoms with Crippen molar-refractivity contribution >= 4 is 39.9 Å². The number of nitrogens with zero attached hydrogens (tertiary/aromatic N) is 1. The first-order valence-corrected chi connectivity index (χ1v) is 15.3. The van der Waals surface area contributed by atoms with Crippen LogP contribution in [0.2, 0.25) is 5.02 Å². The van der Waals surface area contributed by atoms with Crippen molar-refractivity contribution in [3.63, 3.8) is 0 Å². The third-order valence-electron chi connectivity index (χ3n) is 6.81. The minimum absolute atomic E-state index is 0.197. The van der Waals surface area contributed by atoms with Gasteiger partial charge in [-0.2, -0.15) is 0 Å². The summed E-state index contributed by atoms with van der Waals surface area (Å²) in [4.78, 5) is 29.5. The lowest BCUT2D eigenvalue weighted by atomic mass is 10.1. The molecule has 42 heavy (non-hydrogen) atoms. The fourth-order valence-corrected chi connectivity index (χ4v) is 6.41. The second kappa shape index (κ2) is 13.2. The van der Waals surface area contributed by atoms with Gasteiger partial charge in [-0.25, -0.2) is 4.21 Å². The molecule has 0 fully saturated rings. The van der Waals surface area contributed by atoms with E-state index in [-0.39, 0.29) is 18.4 Å². The zero-order valence-corrected chi connectivity index (χ0v) is 25.0. The third-order valence-corrected chi connectivity index (χ3v) is 8.55. The molecule has 0 aliphatic carbocycles. The van der Waals surface area contributed by atoms with E-state index in [0.29, 0.717) is 69.3 Å². The molecule has 0 radical (unpaired) electrons. The maximum absolute atomic E-state index is 13.8. The lowest BCUT2D eigenvalue weighted by Crippen LogP contribution is -2.31. The lowest BCUT2D eigenvalue weighted by Gasteiger charge is -2.24. The first-order chi connectivity index (χ1) is 20.4. The van der Waals surface area contributed by atoms with Crippen molar-refractivity contribution in [1.29, 1.82) is 0 Å². The molecule has 1 N–H and O–H groups in total. The van der Waals surface area contributed by atoms with Gasteiger partial charge < -0.3 is 19.7 Å². The monoisotopic (exact) mass is 602 g/mol. The molecule has 0 saturated carbocycles. The number of halogens is 1. The second-order valence-electron chi connectivity index (χ2n) is 9.62. The van der Waals surface area contributed by atoms with E-state index in [0.717, 1.165) is 11.1 Å². The Kier molecular flexibility index (Phi) is 9.25. The van der Waals surface area contributed by atoms with E-state index in [1.807, 2.05) is 44.2 Å². The Morgan fingerprint density at radius 3 is 2.43 bits per heavy atom. The fraction of sp³-hybridized carbons (Fsp3) is 0.212. The van der Waals surface area contributed by atoms with Crippen LogP contribution in [-0.2, 0) is 23.8 Å². The number of rotatable bonds is 10. The molecule has 0 saturated heterocycles. The Morgan fingerprint density at radius 2 is 1.64 bits per heavy atom. The summed E-state index contributed by atoms with van der Waals surface area (Å²) in [6.07, 6.45) is 0.585. The van der Waals surface area contributed by atoms with Crippen molar-refractivity contribution in [3.05, 3.63) is 112 Å². The van der Waals surface area contributed by atoms with E-state index in [1.54, 1.807) is 59.5 Å². The quantitative estimate of drug-likeness (QED) is 0.226. The van der Waals surface area contributed by atoms with Crippen LogP contribution in [0.15, 0.2) is 94.7 Å². The Balaban J connectivity index is 1.40. The van der Waals surface area contributed by atoms with Gasteiger partial charge in [0.2, 0.25) is 0 Å². The highest BCUT2D eigenvalue weighted by Gasteiger charge is 2.31. The van der Waals surface area contributed by atoms with Crippen LogP contribution in [0, 0.1) is 0 Å². The SMILES string of the molecule is CCOc1ccc(CCNC(=O)c2ccc3c(c2)N(Cc2cccc(Cl)c2)C(=O)c2ccccc2[S@@]3=O)cc1OCC. The van der Waals surface area contributed by atoms with Crippen molar-refractivity contribution in [2.75, 3.05) is 24.7 Å². The molecule has 7 nitrogen and oxygen atoms in total. The van der Waals surface area contributed by atoms with Gasteiger partial charge >= 0.3 is 0 Å². The third kappa shape index (κ3) is 6.35. The van der Waals surface area contributed by atoms with Crippen LogP contribution >= 0.6 is 11.6 Å². The van der Waals surface area contributed by atoms with Gasteiger partial charge in [0, 0.05) is 17.1 Å².